The Morgan fingerprint density at radius 3 is 2.88 bits per heavy atom. The van der Waals surface area contributed by atoms with E-state index < -0.39 is 0 Å². The van der Waals surface area contributed by atoms with Crippen LogP contribution in [0, 0.1) is 6.92 Å². The Bertz CT molecular complexity index is 517. The van der Waals surface area contributed by atoms with Crippen LogP contribution in [0.25, 0.3) is 0 Å². The van der Waals surface area contributed by atoms with Gasteiger partial charge in [0.2, 0.25) is 0 Å². The molecule has 0 unspecified atom stereocenters. The zero-order valence-corrected chi connectivity index (χ0v) is 11.0. The van der Waals surface area contributed by atoms with Crippen molar-refractivity contribution in [1.29, 1.82) is 0 Å². The second-order valence-corrected chi connectivity index (χ2v) is 4.94. The monoisotopic (exact) mass is 270 g/mol. The molecular weight excluding hydrogens is 260 g/mol. The molecule has 5 nitrogen and oxygen atoms in total. The van der Waals surface area contributed by atoms with Crippen molar-refractivity contribution in [2.45, 2.75) is 13.5 Å². The number of thiazole rings is 1. The summed E-state index contributed by atoms with van der Waals surface area (Å²) in [5, 5.41) is 4.40. The summed E-state index contributed by atoms with van der Waals surface area (Å²) in [6.45, 7) is 2.60. The molecule has 17 heavy (non-hydrogen) atoms. The minimum atomic E-state index is 0.292. The van der Waals surface area contributed by atoms with E-state index in [9.17, 15) is 0 Å². The van der Waals surface area contributed by atoms with Gasteiger partial charge in [-0.3, -0.25) is 0 Å². The molecule has 2 aromatic heterocycles. The van der Waals surface area contributed by atoms with Gasteiger partial charge in [-0.2, -0.15) is 0 Å². The number of rotatable bonds is 4. The number of methoxy groups -OCH3 is 1. The van der Waals surface area contributed by atoms with Crippen LogP contribution in [0.3, 0.4) is 0 Å². The molecule has 2 aromatic rings. The Hall–Kier alpha value is -1.40. The summed E-state index contributed by atoms with van der Waals surface area (Å²) in [5.74, 6) is 1.02. The lowest BCUT2D eigenvalue weighted by Crippen LogP contribution is -2.04. The molecule has 7 heteroatoms. The van der Waals surface area contributed by atoms with E-state index in [1.165, 1.54) is 18.3 Å². The summed E-state index contributed by atoms with van der Waals surface area (Å²) in [5.41, 5.74) is 0. The molecule has 0 amide bonds. The van der Waals surface area contributed by atoms with Gasteiger partial charge in [0.15, 0.2) is 16.7 Å². The molecule has 0 bridgehead atoms. The minimum Gasteiger partial charge on any atom is -0.490 e. The Labute approximate surface area is 108 Å². The van der Waals surface area contributed by atoms with E-state index >= 15 is 0 Å². The molecule has 0 fully saturated rings. The summed E-state index contributed by atoms with van der Waals surface area (Å²) < 4.78 is 5.13. The van der Waals surface area contributed by atoms with Crippen LogP contribution in [0.1, 0.15) is 9.88 Å². The highest BCUT2D eigenvalue weighted by molar-refractivity contribution is 7.11. The fraction of sp³-hybridized carbons (Fsp3) is 0.300. The lowest BCUT2D eigenvalue weighted by atomic mass is 10.5. The molecule has 2 rings (SSSR count). The molecule has 1 N–H and O–H groups in total. The van der Waals surface area contributed by atoms with E-state index in [2.05, 4.69) is 20.3 Å². The van der Waals surface area contributed by atoms with E-state index in [0.717, 1.165) is 5.01 Å². The van der Waals surface area contributed by atoms with Crippen molar-refractivity contribution in [3.05, 3.63) is 27.6 Å². The summed E-state index contributed by atoms with van der Waals surface area (Å²) in [7, 11) is 1.53. The Morgan fingerprint density at radius 2 is 2.24 bits per heavy atom. The second kappa shape index (κ2) is 5.29. The second-order valence-electron chi connectivity index (χ2n) is 3.26. The maximum Gasteiger partial charge on any atom is 0.198 e. The number of hydrogen-bond donors (Lipinski definition) is 1. The van der Waals surface area contributed by atoms with Gasteiger partial charge in [-0.1, -0.05) is 11.6 Å². The first kappa shape index (κ1) is 12.1. The van der Waals surface area contributed by atoms with E-state index in [4.69, 9.17) is 16.3 Å². The lowest BCUT2D eigenvalue weighted by molar-refractivity contribution is 0.413. The van der Waals surface area contributed by atoms with Crippen molar-refractivity contribution in [2.24, 2.45) is 0 Å². The molecule has 0 aromatic carbocycles. The summed E-state index contributed by atoms with van der Waals surface area (Å²) in [6.07, 6.45) is 3.23. The quantitative estimate of drug-likeness (QED) is 0.865. The predicted molar refractivity (Wildman–Crippen MR) is 67.8 cm³/mol. The normalized spacial score (nSPS) is 10.3. The van der Waals surface area contributed by atoms with Crippen LogP contribution < -0.4 is 10.1 Å². The average molecular weight is 271 g/mol. The van der Waals surface area contributed by atoms with Gasteiger partial charge in [-0.05, 0) is 6.92 Å². The smallest absolute Gasteiger partial charge is 0.198 e. The fourth-order valence-electron chi connectivity index (χ4n) is 1.30. The van der Waals surface area contributed by atoms with E-state index in [1.807, 2.05) is 13.1 Å². The Balaban J connectivity index is 2.11. The van der Waals surface area contributed by atoms with Gasteiger partial charge in [-0.25, -0.2) is 15.0 Å². The van der Waals surface area contributed by atoms with Gasteiger partial charge in [0, 0.05) is 11.1 Å². The van der Waals surface area contributed by atoms with Crippen molar-refractivity contribution in [3.8, 4) is 5.75 Å². The highest BCUT2D eigenvalue weighted by Gasteiger charge is 2.10. The maximum absolute atomic E-state index is 5.89. The first-order chi connectivity index (χ1) is 8.20. The molecule has 2 heterocycles. The van der Waals surface area contributed by atoms with Crippen LogP contribution in [-0.2, 0) is 6.54 Å². The first-order valence-corrected chi connectivity index (χ1v) is 6.10. The van der Waals surface area contributed by atoms with Crippen LogP contribution >= 0.6 is 22.9 Å². The van der Waals surface area contributed by atoms with Crippen LogP contribution in [-0.4, -0.2) is 22.1 Å². The predicted octanol–water partition coefficient (Wildman–Crippen LogP) is 2.52. The number of aromatic nitrogens is 3. The third-order valence-electron chi connectivity index (χ3n) is 2.04. The Morgan fingerprint density at radius 1 is 1.41 bits per heavy atom. The Kier molecular flexibility index (Phi) is 3.75. The van der Waals surface area contributed by atoms with Gasteiger partial charge in [0.25, 0.3) is 0 Å². The fourth-order valence-corrected chi connectivity index (χ4v) is 2.24. The minimum absolute atomic E-state index is 0.292. The number of ether oxygens (including phenoxy) is 1. The molecule has 0 radical (unpaired) electrons. The van der Waals surface area contributed by atoms with Crippen molar-refractivity contribution in [2.75, 3.05) is 12.4 Å². The van der Waals surface area contributed by atoms with Crippen LogP contribution in [0.4, 0.5) is 5.82 Å². The molecule has 0 saturated carbocycles. The van der Waals surface area contributed by atoms with E-state index in [0.29, 0.717) is 23.3 Å². The third-order valence-corrected chi connectivity index (χ3v) is 3.22. The third kappa shape index (κ3) is 2.83. The van der Waals surface area contributed by atoms with Crippen LogP contribution in [0.2, 0.25) is 5.15 Å². The number of halogens is 1. The van der Waals surface area contributed by atoms with Gasteiger partial charge in [-0.15, -0.1) is 11.3 Å². The van der Waals surface area contributed by atoms with Crippen molar-refractivity contribution in [3.63, 3.8) is 0 Å². The molecule has 0 saturated heterocycles. The summed E-state index contributed by atoms with van der Waals surface area (Å²) >= 11 is 7.52. The van der Waals surface area contributed by atoms with Crippen molar-refractivity contribution in [1.82, 2.24) is 15.0 Å². The zero-order chi connectivity index (χ0) is 12.3. The first-order valence-electron chi connectivity index (χ1n) is 4.90. The maximum atomic E-state index is 5.89. The number of aryl methyl sites for hydroxylation is 1. The largest absolute Gasteiger partial charge is 0.490 e. The topological polar surface area (TPSA) is 59.9 Å². The number of nitrogens with one attached hydrogen (secondary N) is 1. The average Bonchev–Trinajstić information content (AvgIpc) is 2.72. The van der Waals surface area contributed by atoms with E-state index in [-0.39, 0.29) is 0 Å². The molecule has 0 spiro atoms. The van der Waals surface area contributed by atoms with Gasteiger partial charge in [0.1, 0.15) is 11.3 Å². The number of nitrogens with zero attached hydrogens (tertiary/aromatic N) is 3. The van der Waals surface area contributed by atoms with E-state index in [1.54, 1.807) is 11.3 Å². The summed E-state index contributed by atoms with van der Waals surface area (Å²) in [6, 6.07) is 0. The van der Waals surface area contributed by atoms with Crippen LogP contribution in [0.5, 0.6) is 5.75 Å². The zero-order valence-electron chi connectivity index (χ0n) is 9.40. The van der Waals surface area contributed by atoms with Gasteiger partial charge >= 0.3 is 0 Å². The van der Waals surface area contributed by atoms with Gasteiger partial charge < -0.3 is 10.1 Å². The standard InChI is InChI=1S/C10H11ClN4OS/c1-6-3-12-7(17-6)4-13-10-8(16-2)9(11)14-5-15-10/h3,5H,4H2,1-2H3,(H,13,14,15). The molecule has 0 aliphatic carbocycles. The van der Waals surface area contributed by atoms with Crippen molar-refractivity contribution < 1.29 is 4.74 Å². The molecule has 90 valence electrons. The highest BCUT2D eigenvalue weighted by Crippen LogP contribution is 2.28. The molecular formula is C10H11ClN4OS. The number of hydrogen-bond acceptors (Lipinski definition) is 6. The van der Waals surface area contributed by atoms with Crippen molar-refractivity contribution >= 4 is 28.8 Å². The molecule has 0 aliphatic heterocycles. The SMILES string of the molecule is COc1c(Cl)ncnc1NCc1ncc(C)s1. The number of anilines is 1. The highest BCUT2D eigenvalue weighted by atomic mass is 35.5. The molecule has 0 aliphatic rings. The molecule has 0 atom stereocenters. The summed E-state index contributed by atoms with van der Waals surface area (Å²) in [4.78, 5) is 13.3. The van der Waals surface area contributed by atoms with Gasteiger partial charge in [0.05, 0.1) is 13.7 Å². The lowest BCUT2D eigenvalue weighted by Gasteiger charge is -2.08. The van der Waals surface area contributed by atoms with Crippen LogP contribution in [0.15, 0.2) is 12.5 Å².